The van der Waals surface area contributed by atoms with E-state index in [1.54, 1.807) is 0 Å². The Morgan fingerprint density at radius 3 is 2.42 bits per heavy atom. The van der Waals surface area contributed by atoms with E-state index < -0.39 is 18.3 Å². The highest BCUT2D eigenvalue weighted by Crippen LogP contribution is 2.17. The molecule has 1 atom stereocenters. The van der Waals surface area contributed by atoms with Crippen LogP contribution in [0.5, 0.6) is 0 Å². The van der Waals surface area contributed by atoms with Crippen molar-refractivity contribution in [3.05, 3.63) is 35.6 Å². The number of hydrogen-bond acceptors (Lipinski definition) is 1. The van der Waals surface area contributed by atoms with E-state index in [1.165, 1.54) is 18.2 Å². The van der Waals surface area contributed by atoms with Gasteiger partial charge in [-0.2, -0.15) is 0 Å². The van der Waals surface area contributed by atoms with Crippen LogP contribution in [-0.4, -0.2) is 6.43 Å². The van der Waals surface area contributed by atoms with Crippen LogP contribution in [0.25, 0.3) is 0 Å². The molecule has 0 saturated heterocycles. The monoisotopic (exact) mass is 175 g/mol. The molecule has 4 heteroatoms. The summed E-state index contributed by atoms with van der Waals surface area (Å²) in [5.41, 5.74) is 5.21. The number of hydrogen-bond donors (Lipinski definition) is 1. The molecular weight excluding hydrogens is 167 g/mol. The van der Waals surface area contributed by atoms with Gasteiger partial charge >= 0.3 is 0 Å². The summed E-state index contributed by atoms with van der Waals surface area (Å²) in [6.45, 7) is 0. The summed E-state index contributed by atoms with van der Waals surface area (Å²) in [7, 11) is 0. The lowest BCUT2D eigenvalue weighted by Gasteiger charge is -2.09. The van der Waals surface area contributed by atoms with Gasteiger partial charge in [-0.25, -0.2) is 13.2 Å². The van der Waals surface area contributed by atoms with E-state index >= 15 is 0 Å². The van der Waals surface area contributed by atoms with E-state index in [4.69, 9.17) is 5.73 Å². The van der Waals surface area contributed by atoms with Gasteiger partial charge in [-0.3, -0.25) is 0 Å². The standard InChI is InChI=1S/C8H8F3N/c9-6-3-1-2-5(4-6)7(12)8(10)11/h1-4,7-8H,12H2/t7-/m0/s1. The molecule has 0 aliphatic rings. The molecule has 0 radical (unpaired) electrons. The van der Waals surface area contributed by atoms with Gasteiger partial charge < -0.3 is 5.73 Å². The molecule has 0 fully saturated rings. The highest BCUT2D eigenvalue weighted by Gasteiger charge is 2.17. The molecule has 0 aliphatic heterocycles. The van der Waals surface area contributed by atoms with Gasteiger partial charge in [0.2, 0.25) is 0 Å². The molecule has 0 unspecified atom stereocenters. The zero-order chi connectivity index (χ0) is 9.14. The molecule has 1 aromatic rings. The van der Waals surface area contributed by atoms with E-state index in [1.807, 2.05) is 0 Å². The highest BCUT2D eigenvalue weighted by atomic mass is 19.3. The minimum Gasteiger partial charge on any atom is -0.319 e. The Hall–Kier alpha value is -1.03. The van der Waals surface area contributed by atoms with Crippen molar-refractivity contribution < 1.29 is 13.2 Å². The first-order valence-corrected chi connectivity index (χ1v) is 3.40. The van der Waals surface area contributed by atoms with Crippen molar-refractivity contribution in [3.8, 4) is 0 Å². The predicted octanol–water partition coefficient (Wildman–Crippen LogP) is 2.09. The maximum atomic E-state index is 12.5. The SMILES string of the molecule is N[C@@H](c1cccc(F)c1)C(F)F. The second-order valence-electron chi connectivity index (χ2n) is 2.42. The number of nitrogens with two attached hydrogens (primary N) is 1. The van der Waals surface area contributed by atoms with E-state index in [-0.39, 0.29) is 5.56 Å². The molecule has 66 valence electrons. The van der Waals surface area contributed by atoms with E-state index in [0.717, 1.165) is 6.07 Å². The summed E-state index contributed by atoms with van der Waals surface area (Å²) in [4.78, 5) is 0. The third kappa shape index (κ3) is 1.98. The molecule has 0 spiro atoms. The van der Waals surface area contributed by atoms with Crippen LogP contribution in [0.1, 0.15) is 11.6 Å². The van der Waals surface area contributed by atoms with Crippen molar-refractivity contribution >= 4 is 0 Å². The summed E-state index contributed by atoms with van der Waals surface area (Å²) < 4.78 is 36.5. The second kappa shape index (κ2) is 3.58. The molecule has 1 nitrogen and oxygen atoms in total. The van der Waals surface area contributed by atoms with Gasteiger partial charge in [0.05, 0.1) is 6.04 Å². The van der Waals surface area contributed by atoms with Crippen LogP contribution in [0.3, 0.4) is 0 Å². The molecule has 0 aromatic heterocycles. The normalized spacial score (nSPS) is 13.4. The lowest BCUT2D eigenvalue weighted by atomic mass is 10.1. The fourth-order valence-corrected chi connectivity index (χ4v) is 0.859. The van der Waals surface area contributed by atoms with Crippen LogP contribution in [0.2, 0.25) is 0 Å². The average molecular weight is 175 g/mol. The van der Waals surface area contributed by atoms with Crippen molar-refractivity contribution in [2.45, 2.75) is 12.5 Å². The number of benzene rings is 1. The summed E-state index contributed by atoms with van der Waals surface area (Å²) in [5, 5.41) is 0. The smallest absolute Gasteiger partial charge is 0.257 e. The van der Waals surface area contributed by atoms with Crippen molar-refractivity contribution in [3.63, 3.8) is 0 Å². The van der Waals surface area contributed by atoms with Gasteiger partial charge in [0.1, 0.15) is 5.82 Å². The lowest BCUT2D eigenvalue weighted by molar-refractivity contribution is 0.116. The molecule has 1 aromatic carbocycles. The number of rotatable bonds is 2. The van der Waals surface area contributed by atoms with Crippen LogP contribution < -0.4 is 5.73 Å². The van der Waals surface area contributed by atoms with Crippen molar-refractivity contribution in [2.75, 3.05) is 0 Å². The van der Waals surface area contributed by atoms with E-state index in [0.29, 0.717) is 0 Å². The van der Waals surface area contributed by atoms with Crippen molar-refractivity contribution in [2.24, 2.45) is 5.73 Å². The van der Waals surface area contributed by atoms with Crippen LogP contribution >= 0.6 is 0 Å². The maximum Gasteiger partial charge on any atom is 0.257 e. The van der Waals surface area contributed by atoms with Crippen LogP contribution in [0.15, 0.2) is 24.3 Å². The number of alkyl halides is 2. The summed E-state index contributed by atoms with van der Waals surface area (Å²) >= 11 is 0. The van der Waals surface area contributed by atoms with Gasteiger partial charge in [0.15, 0.2) is 0 Å². The van der Waals surface area contributed by atoms with E-state index in [2.05, 4.69) is 0 Å². The Morgan fingerprint density at radius 1 is 1.25 bits per heavy atom. The van der Waals surface area contributed by atoms with Crippen molar-refractivity contribution in [1.29, 1.82) is 0 Å². The van der Waals surface area contributed by atoms with Gasteiger partial charge in [0.25, 0.3) is 6.43 Å². The average Bonchev–Trinajstić information content (AvgIpc) is 2.03. The summed E-state index contributed by atoms with van der Waals surface area (Å²) in [6.07, 6.45) is -2.66. The predicted molar refractivity (Wildman–Crippen MR) is 39.3 cm³/mol. The van der Waals surface area contributed by atoms with Crippen molar-refractivity contribution in [1.82, 2.24) is 0 Å². The Labute approximate surface area is 68.0 Å². The number of halogens is 3. The summed E-state index contributed by atoms with van der Waals surface area (Å²) in [5.74, 6) is -0.552. The molecule has 0 aliphatic carbocycles. The molecule has 12 heavy (non-hydrogen) atoms. The largest absolute Gasteiger partial charge is 0.319 e. The summed E-state index contributed by atoms with van der Waals surface area (Å²) in [6, 6.07) is 3.52. The molecule has 0 heterocycles. The third-order valence-electron chi connectivity index (χ3n) is 1.51. The second-order valence-corrected chi connectivity index (χ2v) is 2.42. The molecule has 0 bridgehead atoms. The van der Waals surface area contributed by atoms with E-state index in [9.17, 15) is 13.2 Å². The van der Waals surface area contributed by atoms with Gasteiger partial charge in [-0.1, -0.05) is 12.1 Å². The molecule has 0 amide bonds. The third-order valence-corrected chi connectivity index (χ3v) is 1.51. The Kier molecular flexibility index (Phi) is 2.70. The Morgan fingerprint density at radius 2 is 1.92 bits per heavy atom. The minimum atomic E-state index is -2.66. The quantitative estimate of drug-likeness (QED) is 0.731. The van der Waals surface area contributed by atoms with Crippen LogP contribution in [0, 0.1) is 5.82 Å². The van der Waals surface area contributed by atoms with Crippen LogP contribution in [0.4, 0.5) is 13.2 Å². The van der Waals surface area contributed by atoms with Gasteiger partial charge in [-0.15, -0.1) is 0 Å². The Bertz CT molecular complexity index is 262. The zero-order valence-corrected chi connectivity index (χ0v) is 6.18. The van der Waals surface area contributed by atoms with Crippen LogP contribution in [-0.2, 0) is 0 Å². The first-order chi connectivity index (χ1) is 5.61. The Balaban J connectivity index is 2.88. The first-order valence-electron chi connectivity index (χ1n) is 3.40. The van der Waals surface area contributed by atoms with Gasteiger partial charge in [-0.05, 0) is 17.7 Å². The zero-order valence-electron chi connectivity index (χ0n) is 6.18. The first kappa shape index (κ1) is 9.06. The fourth-order valence-electron chi connectivity index (χ4n) is 0.859. The maximum absolute atomic E-state index is 12.5. The van der Waals surface area contributed by atoms with Gasteiger partial charge in [0, 0.05) is 0 Å². The highest BCUT2D eigenvalue weighted by molar-refractivity contribution is 5.20. The molecule has 2 N–H and O–H groups in total. The fraction of sp³-hybridized carbons (Fsp3) is 0.250. The lowest BCUT2D eigenvalue weighted by Crippen LogP contribution is -2.18. The molecule has 0 saturated carbocycles. The molecular formula is C8H8F3N. The minimum absolute atomic E-state index is 0.116. The molecule has 1 rings (SSSR count). The topological polar surface area (TPSA) is 26.0 Å².